The van der Waals surface area contributed by atoms with Crippen LogP contribution < -0.4 is 19.7 Å². The van der Waals surface area contributed by atoms with Gasteiger partial charge < -0.3 is 14.8 Å². The van der Waals surface area contributed by atoms with Crippen molar-refractivity contribution < 1.29 is 19.1 Å². The summed E-state index contributed by atoms with van der Waals surface area (Å²) >= 11 is 7.52. The van der Waals surface area contributed by atoms with Gasteiger partial charge in [-0.3, -0.25) is 9.59 Å². The molecule has 34 heavy (non-hydrogen) atoms. The zero-order valence-corrected chi connectivity index (χ0v) is 20.7. The second kappa shape index (κ2) is 9.83. The molecular formula is C26H23ClN2O4S. The standard InChI is InChI=1S/C26H23ClN2O4S/c1-15-5-10-19(11-6-15)34-24-23(28-21-12-9-18(32-3)14-22(21)33-4)25(30)29(26(24)31)17-8-7-16(2)20(27)13-17/h5-14,28H,1-4H3. The van der Waals surface area contributed by atoms with Crippen LogP contribution in [0.1, 0.15) is 11.1 Å². The minimum Gasteiger partial charge on any atom is -0.497 e. The van der Waals surface area contributed by atoms with Crippen LogP contribution >= 0.6 is 23.4 Å². The Morgan fingerprint density at radius 3 is 2.26 bits per heavy atom. The fraction of sp³-hybridized carbons (Fsp3) is 0.154. The van der Waals surface area contributed by atoms with Crippen molar-refractivity contribution in [2.45, 2.75) is 18.7 Å². The molecule has 0 atom stereocenters. The molecule has 0 unspecified atom stereocenters. The third kappa shape index (κ3) is 4.62. The predicted molar refractivity (Wildman–Crippen MR) is 136 cm³/mol. The van der Waals surface area contributed by atoms with Gasteiger partial charge in [0.15, 0.2) is 0 Å². The van der Waals surface area contributed by atoms with Crippen LogP contribution in [0.15, 0.2) is 76.2 Å². The molecule has 6 nitrogen and oxygen atoms in total. The summed E-state index contributed by atoms with van der Waals surface area (Å²) in [6.45, 7) is 3.85. The summed E-state index contributed by atoms with van der Waals surface area (Å²) in [4.78, 5) is 29.3. The molecule has 8 heteroatoms. The van der Waals surface area contributed by atoms with Crippen LogP contribution in [-0.2, 0) is 9.59 Å². The van der Waals surface area contributed by atoms with Crippen molar-refractivity contribution in [3.8, 4) is 11.5 Å². The predicted octanol–water partition coefficient (Wildman–Crippen LogP) is 5.96. The van der Waals surface area contributed by atoms with E-state index in [2.05, 4.69) is 5.32 Å². The smallest absolute Gasteiger partial charge is 0.283 e. The van der Waals surface area contributed by atoms with E-state index < -0.39 is 11.8 Å². The van der Waals surface area contributed by atoms with Gasteiger partial charge in [-0.15, -0.1) is 0 Å². The van der Waals surface area contributed by atoms with Gasteiger partial charge in [0.25, 0.3) is 11.8 Å². The summed E-state index contributed by atoms with van der Waals surface area (Å²) < 4.78 is 10.7. The van der Waals surface area contributed by atoms with Crippen LogP contribution in [0.4, 0.5) is 11.4 Å². The van der Waals surface area contributed by atoms with Crippen molar-refractivity contribution in [1.29, 1.82) is 0 Å². The van der Waals surface area contributed by atoms with E-state index in [1.165, 1.54) is 18.9 Å². The molecule has 0 saturated carbocycles. The Bertz CT molecular complexity index is 1300. The first-order valence-electron chi connectivity index (χ1n) is 10.4. The Balaban J connectivity index is 1.77. The summed E-state index contributed by atoms with van der Waals surface area (Å²) in [6, 6.07) is 18.1. The molecule has 1 N–H and O–H groups in total. The molecule has 0 saturated heterocycles. The quantitative estimate of drug-likeness (QED) is 0.408. The Kier molecular flexibility index (Phi) is 6.86. The molecule has 4 rings (SSSR count). The van der Waals surface area contributed by atoms with Crippen LogP contribution in [0.25, 0.3) is 0 Å². The van der Waals surface area contributed by atoms with Gasteiger partial charge in [-0.25, -0.2) is 4.90 Å². The van der Waals surface area contributed by atoms with Gasteiger partial charge in [-0.2, -0.15) is 0 Å². The van der Waals surface area contributed by atoms with Crippen molar-refractivity contribution in [3.63, 3.8) is 0 Å². The van der Waals surface area contributed by atoms with E-state index in [9.17, 15) is 9.59 Å². The maximum Gasteiger partial charge on any atom is 0.283 e. The minimum atomic E-state index is -0.475. The summed E-state index contributed by atoms with van der Waals surface area (Å²) in [5.74, 6) is 0.182. The van der Waals surface area contributed by atoms with E-state index in [1.54, 1.807) is 43.5 Å². The molecule has 3 aromatic carbocycles. The molecule has 0 aromatic heterocycles. The van der Waals surface area contributed by atoms with Crippen LogP contribution in [-0.4, -0.2) is 26.0 Å². The molecule has 1 aliphatic rings. The van der Waals surface area contributed by atoms with Crippen LogP contribution in [0, 0.1) is 13.8 Å². The Hall–Kier alpha value is -3.42. The van der Waals surface area contributed by atoms with Crippen LogP contribution in [0.2, 0.25) is 5.02 Å². The number of nitrogens with zero attached hydrogens (tertiary/aromatic N) is 1. The van der Waals surface area contributed by atoms with E-state index in [0.29, 0.717) is 27.9 Å². The zero-order chi connectivity index (χ0) is 24.4. The van der Waals surface area contributed by atoms with Crippen molar-refractivity contribution in [1.82, 2.24) is 0 Å². The topological polar surface area (TPSA) is 67.9 Å². The second-order valence-corrected chi connectivity index (χ2v) is 9.18. The molecular weight excluding hydrogens is 472 g/mol. The lowest BCUT2D eigenvalue weighted by molar-refractivity contribution is -0.120. The largest absolute Gasteiger partial charge is 0.497 e. The van der Waals surface area contributed by atoms with Crippen LogP contribution in [0.5, 0.6) is 11.5 Å². The number of hydrogen-bond donors (Lipinski definition) is 1. The van der Waals surface area contributed by atoms with Gasteiger partial charge >= 0.3 is 0 Å². The normalized spacial score (nSPS) is 13.5. The van der Waals surface area contributed by atoms with Gasteiger partial charge in [0, 0.05) is 16.0 Å². The number of hydrogen-bond acceptors (Lipinski definition) is 6. The Morgan fingerprint density at radius 1 is 0.882 bits per heavy atom. The molecule has 0 spiro atoms. The molecule has 1 aliphatic heterocycles. The van der Waals surface area contributed by atoms with Gasteiger partial charge in [-0.1, -0.05) is 47.1 Å². The van der Waals surface area contributed by atoms with E-state index in [0.717, 1.165) is 20.9 Å². The second-order valence-electron chi connectivity index (χ2n) is 7.69. The Labute approximate surface area is 207 Å². The first-order valence-corrected chi connectivity index (χ1v) is 11.6. The average molecular weight is 495 g/mol. The molecule has 0 radical (unpaired) electrons. The number of rotatable bonds is 7. The number of aryl methyl sites for hydroxylation is 2. The number of anilines is 2. The highest BCUT2D eigenvalue weighted by molar-refractivity contribution is 8.04. The van der Waals surface area contributed by atoms with Gasteiger partial charge in [0.05, 0.1) is 25.6 Å². The highest BCUT2D eigenvalue weighted by atomic mass is 35.5. The molecule has 174 valence electrons. The average Bonchev–Trinajstić information content (AvgIpc) is 3.06. The van der Waals surface area contributed by atoms with E-state index in [4.69, 9.17) is 21.1 Å². The third-order valence-electron chi connectivity index (χ3n) is 5.36. The van der Waals surface area contributed by atoms with Crippen LogP contribution in [0.3, 0.4) is 0 Å². The fourth-order valence-electron chi connectivity index (χ4n) is 3.43. The maximum atomic E-state index is 13.6. The summed E-state index contributed by atoms with van der Waals surface area (Å²) in [5.41, 5.74) is 3.06. The van der Waals surface area contributed by atoms with Gasteiger partial charge in [-0.05, 0) is 55.8 Å². The first-order chi connectivity index (χ1) is 16.3. The number of carbonyl (C=O) groups is 2. The molecule has 2 amide bonds. The van der Waals surface area contributed by atoms with E-state index >= 15 is 0 Å². The SMILES string of the molecule is COc1ccc(NC2=C(Sc3ccc(C)cc3)C(=O)N(c3ccc(C)c(Cl)c3)C2=O)c(OC)c1. The molecule has 3 aromatic rings. The van der Waals surface area contributed by atoms with Crippen molar-refractivity contribution in [3.05, 3.63) is 87.4 Å². The lowest BCUT2D eigenvalue weighted by Crippen LogP contribution is -2.32. The highest BCUT2D eigenvalue weighted by Gasteiger charge is 2.40. The monoisotopic (exact) mass is 494 g/mol. The summed E-state index contributed by atoms with van der Waals surface area (Å²) in [7, 11) is 3.09. The van der Waals surface area contributed by atoms with Crippen molar-refractivity contribution in [2.24, 2.45) is 0 Å². The lowest BCUT2D eigenvalue weighted by Gasteiger charge is -2.17. The number of nitrogens with one attached hydrogen (secondary N) is 1. The Morgan fingerprint density at radius 2 is 1.62 bits per heavy atom. The number of benzene rings is 3. The number of halogens is 1. The van der Waals surface area contributed by atoms with Gasteiger partial charge in [0.1, 0.15) is 22.1 Å². The van der Waals surface area contributed by atoms with Crippen molar-refractivity contribution in [2.75, 3.05) is 24.4 Å². The highest BCUT2D eigenvalue weighted by Crippen LogP contribution is 2.40. The number of carbonyl (C=O) groups excluding carboxylic acids is 2. The summed E-state index contributed by atoms with van der Waals surface area (Å²) in [6.07, 6.45) is 0. The third-order valence-corrected chi connectivity index (χ3v) is 6.86. The molecule has 1 heterocycles. The number of ether oxygens (including phenoxy) is 2. The first kappa shape index (κ1) is 23.7. The van der Waals surface area contributed by atoms with Crippen molar-refractivity contribution >= 4 is 46.6 Å². The fourth-order valence-corrected chi connectivity index (χ4v) is 4.53. The number of amides is 2. The molecule has 0 aliphatic carbocycles. The maximum absolute atomic E-state index is 13.6. The van der Waals surface area contributed by atoms with Gasteiger partial charge in [0.2, 0.25) is 0 Å². The number of methoxy groups -OCH3 is 2. The number of imide groups is 1. The molecule has 0 fully saturated rings. The van der Waals surface area contributed by atoms with E-state index in [1.807, 2.05) is 38.1 Å². The minimum absolute atomic E-state index is 0.163. The summed E-state index contributed by atoms with van der Waals surface area (Å²) in [5, 5.41) is 3.61. The number of thioether (sulfide) groups is 1. The van der Waals surface area contributed by atoms with E-state index in [-0.39, 0.29) is 10.6 Å². The lowest BCUT2D eigenvalue weighted by atomic mass is 10.2. The molecule has 0 bridgehead atoms. The zero-order valence-electron chi connectivity index (χ0n) is 19.1.